The van der Waals surface area contributed by atoms with Crippen LogP contribution in [-0.2, 0) is 20.9 Å². The fourth-order valence-electron chi connectivity index (χ4n) is 6.43. The van der Waals surface area contributed by atoms with Crippen LogP contribution in [0.3, 0.4) is 0 Å². The highest BCUT2D eigenvalue weighted by Crippen LogP contribution is 2.44. The second-order valence-electron chi connectivity index (χ2n) is 14.6. The van der Waals surface area contributed by atoms with E-state index in [1.54, 1.807) is 13.2 Å². The highest BCUT2D eigenvalue weighted by atomic mass is 19.1. The van der Waals surface area contributed by atoms with Gasteiger partial charge in [-0.2, -0.15) is 0 Å². The maximum atomic E-state index is 15.2. The predicted molar refractivity (Wildman–Crippen MR) is 214 cm³/mol. The number of alkyl carbamates (subject to hydrolysis) is 1. The van der Waals surface area contributed by atoms with E-state index in [0.29, 0.717) is 91.0 Å². The first-order chi connectivity index (χ1) is 27.0. The molecule has 1 saturated heterocycles. The molecule has 0 unspecified atom stereocenters. The van der Waals surface area contributed by atoms with E-state index in [4.69, 9.17) is 35.2 Å². The standard InChI is InChI=1S/C44H51FN4O7/c1-44(2,3)56-43(51)47-33-21-23-49(24-22-33)39-28-38(52-5)41(42(48-39)32-17-19-35(46-4)34(45)26-32)31-18-20-36(54-25-13-8-7-12-16-40(50)53-6)37(27-31)55-29-30-14-10-9-11-15-30/h9-11,14-15,17-20,26-28,33H,7-8,12-13,16,21-25,29H2,1-3,5-6H3,(H,47,51). The minimum Gasteiger partial charge on any atom is -0.496 e. The summed E-state index contributed by atoms with van der Waals surface area (Å²) >= 11 is 0. The summed E-state index contributed by atoms with van der Waals surface area (Å²) in [5.74, 6) is 1.39. The van der Waals surface area contributed by atoms with Gasteiger partial charge in [-0.25, -0.2) is 19.0 Å². The summed E-state index contributed by atoms with van der Waals surface area (Å²) < 4.78 is 44.1. The van der Waals surface area contributed by atoms with Crippen LogP contribution in [0.4, 0.5) is 20.7 Å². The number of pyridine rings is 1. The molecule has 0 bridgehead atoms. The topological polar surface area (TPSA) is 113 Å². The molecule has 1 amide bonds. The summed E-state index contributed by atoms with van der Waals surface area (Å²) in [6.45, 7) is 14.9. The lowest BCUT2D eigenvalue weighted by Gasteiger charge is -2.34. The Morgan fingerprint density at radius 3 is 2.30 bits per heavy atom. The van der Waals surface area contributed by atoms with Crippen LogP contribution < -0.4 is 24.4 Å². The van der Waals surface area contributed by atoms with E-state index in [2.05, 4.69) is 15.1 Å². The number of carbonyl (C=O) groups excluding carboxylic acids is 2. The Kier molecular flexibility index (Phi) is 14.5. The quantitative estimate of drug-likeness (QED) is 0.0677. The van der Waals surface area contributed by atoms with Crippen molar-refractivity contribution in [2.75, 3.05) is 38.8 Å². The fraction of sp³-hybridized carbons (Fsp3) is 0.409. The molecule has 11 nitrogen and oxygen atoms in total. The Morgan fingerprint density at radius 2 is 1.62 bits per heavy atom. The summed E-state index contributed by atoms with van der Waals surface area (Å²) in [4.78, 5) is 34.4. The van der Waals surface area contributed by atoms with Gasteiger partial charge in [-0.1, -0.05) is 61.4 Å². The molecule has 1 fully saturated rings. The number of hydrogen-bond donors (Lipinski definition) is 1. The van der Waals surface area contributed by atoms with Gasteiger partial charge < -0.3 is 33.9 Å². The Morgan fingerprint density at radius 1 is 0.893 bits per heavy atom. The molecule has 2 heterocycles. The van der Waals surface area contributed by atoms with Crippen LogP contribution in [0, 0.1) is 12.4 Å². The first kappa shape index (κ1) is 41.3. The number of carbonyl (C=O) groups is 2. The molecule has 4 aromatic rings. The van der Waals surface area contributed by atoms with Gasteiger partial charge in [0.15, 0.2) is 11.5 Å². The van der Waals surface area contributed by atoms with Gasteiger partial charge in [0, 0.05) is 37.2 Å². The van der Waals surface area contributed by atoms with Gasteiger partial charge in [0.1, 0.15) is 29.6 Å². The van der Waals surface area contributed by atoms with Crippen LogP contribution in [0.5, 0.6) is 17.2 Å². The lowest BCUT2D eigenvalue weighted by Crippen LogP contribution is -2.46. The minimum atomic E-state index is -0.649. The van der Waals surface area contributed by atoms with E-state index in [1.165, 1.54) is 19.2 Å². The first-order valence-corrected chi connectivity index (χ1v) is 19.0. The molecular formula is C44H51FN4O7. The van der Waals surface area contributed by atoms with Crippen molar-refractivity contribution >= 4 is 23.6 Å². The van der Waals surface area contributed by atoms with Crippen molar-refractivity contribution in [3.8, 4) is 39.6 Å². The highest BCUT2D eigenvalue weighted by molar-refractivity contribution is 5.88. The smallest absolute Gasteiger partial charge is 0.407 e. The molecule has 1 aliphatic rings. The Bertz CT molecular complexity index is 1990. The second-order valence-corrected chi connectivity index (χ2v) is 14.6. The molecule has 5 rings (SSSR count). The van der Waals surface area contributed by atoms with Crippen molar-refractivity contribution in [3.63, 3.8) is 0 Å². The number of esters is 1. The normalized spacial score (nSPS) is 13.1. The summed E-state index contributed by atoms with van der Waals surface area (Å²) in [6.07, 6.45) is 4.65. The number of aromatic nitrogens is 1. The molecule has 0 aliphatic carbocycles. The van der Waals surface area contributed by atoms with Crippen molar-refractivity contribution in [2.24, 2.45) is 0 Å². The molecule has 3 aromatic carbocycles. The molecule has 296 valence electrons. The number of benzene rings is 3. The number of hydrogen-bond acceptors (Lipinski definition) is 9. The SMILES string of the molecule is [C-]#[N+]c1ccc(-c2nc(N3CCC(NC(=O)OC(C)(C)C)CC3)cc(OC)c2-c2ccc(OCCCCCCC(=O)OC)c(OCc3ccccc3)c2)cc1F. The number of unbranched alkanes of at least 4 members (excludes halogenated alkanes) is 3. The van der Waals surface area contributed by atoms with Crippen LogP contribution in [0.1, 0.15) is 71.3 Å². The Labute approximate surface area is 328 Å². The van der Waals surface area contributed by atoms with Crippen molar-refractivity contribution in [1.82, 2.24) is 10.3 Å². The monoisotopic (exact) mass is 766 g/mol. The first-order valence-electron chi connectivity index (χ1n) is 19.0. The number of nitrogens with one attached hydrogen (secondary N) is 1. The molecule has 12 heteroatoms. The number of piperidine rings is 1. The van der Waals surface area contributed by atoms with Crippen molar-refractivity contribution < 1.29 is 37.7 Å². The number of ether oxygens (including phenoxy) is 5. The molecular weight excluding hydrogens is 716 g/mol. The summed E-state index contributed by atoms with van der Waals surface area (Å²) in [5, 5.41) is 2.98. The van der Waals surface area contributed by atoms with E-state index < -0.39 is 17.5 Å². The van der Waals surface area contributed by atoms with Crippen molar-refractivity contribution in [1.29, 1.82) is 0 Å². The predicted octanol–water partition coefficient (Wildman–Crippen LogP) is 9.69. The maximum Gasteiger partial charge on any atom is 0.407 e. The largest absolute Gasteiger partial charge is 0.496 e. The maximum absolute atomic E-state index is 15.2. The third-order valence-corrected chi connectivity index (χ3v) is 9.30. The zero-order valence-electron chi connectivity index (χ0n) is 32.9. The van der Waals surface area contributed by atoms with Gasteiger partial charge in [-0.15, -0.1) is 0 Å². The minimum absolute atomic E-state index is 0.0568. The lowest BCUT2D eigenvalue weighted by atomic mass is 9.97. The number of amides is 1. The molecule has 0 spiro atoms. The van der Waals surface area contributed by atoms with E-state index >= 15 is 4.39 Å². The Balaban J connectivity index is 1.46. The van der Waals surface area contributed by atoms with E-state index in [0.717, 1.165) is 31.2 Å². The molecule has 0 saturated carbocycles. The molecule has 1 N–H and O–H groups in total. The molecule has 1 aliphatic heterocycles. The van der Waals surface area contributed by atoms with Crippen LogP contribution in [0.2, 0.25) is 0 Å². The highest BCUT2D eigenvalue weighted by Gasteiger charge is 2.27. The Hall–Kier alpha value is -5.83. The second kappa shape index (κ2) is 19.7. The molecule has 0 radical (unpaired) electrons. The zero-order chi connectivity index (χ0) is 40.1. The number of methoxy groups -OCH3 is 2. The third-order valence-electron chi connectivity index (χ3n) is 9.30. The molecule has 0 atom stereocenters. The number of halogens is 1. The molecule has 1 aromatic heterocycles. The average molecular weight is 767 g/mol. The van der Waals surface area contributed by atoms with Gasteiger partial charge in [0.2, 0.25) is 5.69 Å². The number of anilines is 1. The summed E-state index contributed by atoms with van der Waals surface area (Å²) in [5.41, 5.74) is 2.59. The third kappa shape index (κ3) is 11.6. The van der Waals surface area contributed by atoms with Crippen molar-refractivity contribution in [2.45, 2.75) is 84.0 Å². The van der Waals surface area contributed by atoms with Crippen LogP contribution >= 0.6 is 0 Å². The zero-order valence-corrected chi connectivity index (χ0v) is 32.9. The van der Waals surface area contributed by atoms with Gasteiger partial charge in [-0.05, 0) is 75.8 Å². The fourth-order valence-corrected chi connectivity index (χ4v) is 6.43. The van der Waals surface area contributed by atoms with E-state index in [-0.39, 0.29) is 17.7 Å². The number of rotatable bonds is 16. The lowest BCUT2D eigenvalue weighted by molar-refractivity contribution is -0.140. The summed E-state index contributed by atoms with van der Waals surface area (Å²) in [7, 11) is 2.98. The van der Waals surface area contributed by atoms with Crippen LogP contribution in [-0.4, -0.2) is 62.6 Å². The van der Waals surface area contributed by atoms with E-state index in [1.807, 2.05) is 75.4 Å². The van der Waals surface area contributed by atoms with Gasteiger partial charge in [0.05, 0.1) is 38.7 Å². The van der Waals surface area contributed by atoms with E-state index in [9.17, 15) is 9.59 Å². The summed E-state index contributed by atoms with van der Waals surface area (Å²) in [6, 6.07) is 21.8. The van der Waals surface area contributed by atoms with Crippen molar-refractivity contribution in [3.05, 3.63) is 95.6 Å². The average Bonchev–Trinajstić information content (AvgIpc) is 3.19. The van der Waals surface area contributed by atoms with Crippen LogP contribution in [0.25, 0.3) is 27.2 Å². The van der Waals surface area contributed by atoms with Gasteiger partial charge in [-0.3, -0.25) is 4.79 Å². The van der Waals surface area contributed by atoms with Crippen LogP contribution in [0.15, 0.2) is 72.8 Å². The number of nitrogens with zero attached hydrogens (tertiary/aromatic N) is 3. The molecule has 56 heavy (non-hydrogen) atoms. The van der Waals surface area contributed by atoms with Gasteiger partial charge >= 0.3 is 12.1 Å². The van der Waals surface area contributed by atoms with Gasteiger partial charge in [0.25, 0.3) is 0 Å².